The number of benzene rings is 2. The average Bonchev–Trinajstić information content (AvgIpc) is 3.14. The van der Waals surface area contributed by atoms with Crippen LogP contribution < -0.4 is 0 Å². The maximum Gasteiger partial charge on any atom is 0.229 e. The van der Waals surface area contributed by atoms with Gasteiger partial charge in [-0.1, -0.05) is 42.5 Å². The van der Waals surface area contributed by atoms with E-state index in [1.54, 1.807) is 6.20 Å². The average molecular weight is 260 g/mol. The van der Waals surface area contributed by atoms with Crippen molar-refractivity contribution < 1.29 is 0 Å². The van der Waals surface area contributed by atoms with E-state index < -0.39 is 0 Å². The Hall–Kier alpha value is -2.88. The maximum absolute atomic E-state index is 4.59. The number of fused-ring (bicyclic) bond motifs is 1. The summed E-state index contributed by atoms with van der Waals surface area (Å²) >= 11 is 0. The van der Waals surface area contributed by atoms with E-state index in [4.69, 9.17) is 0 Å². The molecule has 20 heavy (non-hydrogen) atoms. The lowest BCUT2D eigenvalue weighted by Gasteiger charge is -2.03. The SMILES string of the molecule is c1ccc(-c2ccnn2-c2nc3ccccc3[nH]2)cc1. The summed E-state index contributed by atoms with van der Waals surface area (Å²) in [4.78, 5) is 7.88. The lowest BCUT2D eigenvalue weighted by atomic mass is 10.1. The third-order valence-corrected chi connectivity index (χ3v) is 3.29. The molecule has 0 bridgehead atoms. The first-order chi connectivity index (χ1) is 9.92. The standard InChI is InChI=1S/C16H12N4/c1-2-6-12(7-3-1)15-10-11-17-20(15)16-18-13-8-4-5-9-14(13)19-16/h1-11H,(H,18,19). The van der Waals surface area contributed by atoms with Crippen LogP contribution >= 0.6 is 0 Å². The van der Waals surface area contributed by atoms with E-state index in [-0.39, 0.29) is 0 Å². The van der Waals surface area contributed by atoms with Gasteiger partial charge in [-0.15, -0.1) is 0 Å². The van der Waals surface area contributed by atoms with E-state index in [9.17, 15) is 0 Å². The molecular weight excluding hydrogens is 248 g/mol. The molecule has 2 aromatic carbocycles. The van der Waals surface area contributed by atoms with E-state index in [0.29, 0.717) is 0 Å². The minimum atomic E-state index is 0.732. The summed E-state index contributed by atoms with van der Waals surface area (Å²) in [6.07, 6.45) is 1.79. The summed E-state index contributed by atoms with van der Waals surface area (Å²) in [5.41, 5.74) is 4.09. The summed E-state index contributed by atoms with van der Waals surface area (Å²) < 4.78 is 1.83. The molecule has 0 amide bonds. The normalized spacial score (nSPS) is 11.0. The highest BCUT2D eigenvalue weighted by atomic mass is 15.4. The van der Waals surface area contributed by atoms with Gasteiger partial charge < -0.3 is 4.98 Å². The number of aromatic amines is 1. The lowest BCUT2D eigenvalue weighted by molar-refractivity contribution is 0.836. The molecule has 0 unspecified atom stereocenters. The molecule has 0 saturated carbocycles. The first-order valence-electron chi connectivity index (χ1n) is 6.46. The monoisotopic (exact) mass is 260 g/mol. The van der Waals surface area contributed by atoms with Gasteiger partial charge in [0.2, 0.25) is 5.95 Å². The molecule has 0 fully saturated rings. The van der Waals surface area contributed by atoms with Crippen molar-refractivity contribution >= 4 is 11.0 Å². The number of hydrogen-bond donors (Lipinski definition) is 1. The van der Waals surface area contributed by atoms with Gasteiger partial charge in [-0.3, -0.25) is 0 Å². The summed E-state index contributed by atoms with van der Waals surface area (Å²) in [6.45, 7) is 0. The molecule has 2 aromatic heterocycles. The third kappa shape index (κ3) is 1.70. The highest BCUT2D eigenvalue weighted by Gasteiger charge is 2.10. The number of aromatic nitrogens is 4. The summed E-state index contributed by atoms with van der Waals surface area (Å²) in [6, 6.07) is 20.1. The molecule has 4 heteroatoms. The first-order valence-corrected chi connectivity index (χ1v) is 6.46. The lowest BCUT2D eigenvalue weighted by Crippen LogP contribution is -2.00. The molecule has 0 aliphatic rings. The largest absolute Gasteiger partial charge is 0.322 e. The highest BCUT2D eigenvalue weighted by Crippen LogP contribution is 2.22. The summed E-state index contributed by atoms with van der Waals surface area (Å²) in [7, 11) is 0. The molecular formula is C16H12N4. The highest BCUT2D eigenvalue weighted by molar-refractivity contribution is 5.76. The smallest absolute Gasteiger partial charge is 0.229 e. The van der Waals surface area contributed by atoms with Crippen LogP contribution in [-0.4, -0.2) is 19.7 Å². The fraction of sp³-hybridized carbons (Fsp3) is 0. The molecule has 0 aliphatic heterocycles. The Morgan fingerprint density at radius 1 is 0.850 bits per heavy atom. The van der Waals surface area contributed by atoms with Gasteiger partial charge in [0.05, 0.1) is 22.9 Å². The van der Waals surface area contributed by atoms with Crippen LogP contribution in [0.15, 0.2) is 66.9 Å². The molecule has 0 aliphatic carbocycles. The van der Waals surface area contributed by atoms with Gasteiger partial charge in [-0.25, -0.2) is 4.98 Å². The zero-order valence-electron chi connectivity index (χ0n) is 10.7. The van der Waals surface area contributed by atoms with Gasteiger partial charge in [-0.2, -0.15) is 9.78 Å². The van der Waals surface area contributed by atoms with Crippen molar-refractivity contribution in [3.8, 4) is 17.2 Å². The predicted octanol–water partition coefficient (Wildman–Crippen LogP) is 3.42. The number of imidazole rings is 1. The maximum atomic E-state index is 4.59. The van der Waals surface area contributed by atoms with Crippen molar-refractivity contribution in [3.05, 3.63) is 66.9 Å². The Bertz CT molecular complexity index is 825. The van der Waals surface area contributed by atoms with Crippen LogP contribution in [0.5, 0.6) is 0 Å². The third-order valence-electron chi connectivity index (χ3n) is 3.29. The van der Waals surface area contributed by atoms with Crippen LogP contribution in [0.25, 0.3) is 28.2 Å². The number of nitrogens with one attached hydrogen (secondary N) is 1. The summed E-state index contributed by atoms with van der Waals surface area (Å²) in [5.74, 6) is 0.732. The van der Waals surface area contributed by atoms with E-state index in [1.165, 1.54) is 0 Å². The van der Waals surface area contributed by atoms with Crippen molar-refractivity contribution in [2.75, 3.05) is 0 Å². The molecule has 0 spiro atoms. The van der Waals surface area contributed by atoms with Crippen LogP contribution in [0.1, 0.15) is 0 Å². The zero-order chi connectivity index (χ0) is 13.4. The quantitative estimate of drug-likeness (QED) is 0.600. The Morgan fingerprint density at radius 3 is 2.50 bits per heavy atom. The minimum Gasteiger partial charge on any atom is -0.322 e. The topological polar surface area (TPSA) is 46.5 Å². The van der Waals surface area contributed by atoms with E-state index in [1.807, 2.05) is 53.2 Å². The molecule has 1 N–H and O–H groups in total. The molecule has 96 valence electrons. The zero-order valence-corrected chi connectivity index (χ0v) is 10.7. The number of rotatable bonds is 2. The van der Waals surface area contributed by atoms with E-state index >= 15 is 0 Å². The predicted molar refractivity (Wildman–Crippen MR) is 78.7 cm³/mol. The van der Waals surface area contributed by atoms with E-state index in [2.05, 4.69) is 27.2 Å². The molecule has 2 heterocycles. The van der Waals surface area contributed by atoms with E-state index in [0.717, 1.165) is 28.2 Å². The van der Waals surface area contributed by atoms with Gasteiger partial charge >= 0.3 is 0 Å². The fourth-order valence-electron chi connectivity index (χ4n) is 2.34. The van der Waals surface area contributed by atoms with Crippen LogP contribution in [0.3, 0.4) is 0 Å². The van der Waals surface area contributed by atoms with Crippen molar-refractivity contribution in [2.24, 2.45) is 0 Å². The Morgan fingerprint density at radius 2 is 1.65 bits per heavy atom. The second-order valence-corrected chi connectivity index (χ2v) is 4.57. The number of para-hydroxylation sites is 2. The number of hydrogen-bond acceptors (Lipinski definition) is 2. The Kier molecular flexibility index (Phi) is 2.39. The van der Waals surface area contributed by atoms with Gasteiger partial charge in [0.15, 0.2) is 0 Å². The Balaban J connectivity index is 1.89. The van der Waals surface area contributed by atoms with Gasteiger partial charge in [0.1, 0.15) is 0 Å². The van der Waals surface area contributed by atoms with Gasteiger partial charge in [0, 0.05) is 5.56 Å². The van der Waals surface area contributed by atoms with Crippen LogP contribution in [0, 0.1) is 0 Å². The molecule has 0 saturated heterocycles. The van der Waals surface area contributed by atoms with Crippen molar-refractivity contribution in [1.29, 1.82) is 0 Å². The minimum absolute atomic E-state index is 0.732. The molecule has 0 atom stereocenters. The second-order valence-electron chi connectivity index (χ2n) is 4.57. The number of H-pyrrole nitrogens is 1. The molecule has 4 rings (SSSR count). The van der Waals surface area contributed by atoms with Crippen LogP contribution in [-0.2, 0) is 0 Å². The second kappa shape index (κ2) is 4.35. The van der Waals surface area contributed by atoms with Crippen molar-refractivity contribution in [3.63, 3.8) is 0 Å². The summed E-state index contributed by atoms with van der Waals surface area (Å²) in [5, 5.41) is 4.38. The molecule has 4 aromatic rings. The van der Waals surface area contributed by atoms with Gasteiger partial charge in [0.25, 0.3) is 0 Å². The fourth-order valence-corrected chi connectivity index (χ4v) is 2.34. The molecule has 4 nitrogen and oxygen atoms in total. The Labute approximate surface area is 115 Å². The van der Waals surface area contributed by atoms with Gasteiger partial charge in [-0.05, 0) is 18.2 Å². The van der Waals surface area contributed by atoms with Crippen LogP contribution in [0.4, 0.5) is 0 Å². The van der Waals surface area contributed by atoms with Crippen molar-refractivity contribution in [1.82, 2.24) is 19.7 Å². The van der Waals surface area contributed by atoms with Crippen LogP contribution in [0.2, 0.25) is 0 Å². The number of nitrogens with zero attached hydrogens (tertiary/aromatic N) is 3. The van der Waals surface area contributed by atoms with Crippen molar-refractivity contribution in [2.45, 2.75) is 0 Å². The molecule has 0 radical (unpaired) electrons. The first kappa shape index (κ1) is 11.0.